The molecule has 4 heteroatoms. The van der Waals surface area contributed by atoms with Crippen LogP contribution in [0.5, 0.6) is 0 Å². The van der Waals surface area contributed by atoms with Crippen LogP contribution < -0.4 is 5.32 Å². The molecule has 1 heterocycles. The minimum absolute atomic E-state index is 0.0174. The van der Waals surface area contributed by atoms with Crippen LogP contribution in [0.2, 0.25) is 5.02 Å². The molecule has 0 aliphatic carbocycles. The van der Waals surface area contributed by atoms with Crippen molar-refractivity contribution < 1.29 is 4.79 Å². The van der Waals surface area contributed by atoms with Gasteiger partial charge in [-0.1, -0.05) is 145 Å². The van der Waals surface area contributed by atoms with Crippen molar-refractivity contribution in [3.63, 3.8) is 0 Å². The van der Waals surface area contributed by atoms with Crippen molar-refractivity contribution >= 4 is 23.1 Å². The molecule has 0 spiro atoms. The van der Waals surface area contributed by atoms with Crippen LogP contribution in [0, 0.1) is 0 Å². The molecule has 0 saturated carbocycles. The Hall–Kier alpha value is -4.99. The molecular formula is C41H35ClN2O. The first-order valence-electron chi connectivity index (χ1n) is 15.3. The topological polar surface area (TPSA) is 42.0 Å². The Kier molecular flexibility index (Phi) is 9.19. The average Bonchev–Trinajstić information content (AvgIpc) is 3.08. The van der Waals surface area contributed by atoms with Crippen molar-refractivity contribution in [1.82, 2.24) is 4.98 Å². The number of halogens is 1. The molecule has 0 amide bonds. The summed E-state index contributed by atoms with van der Waals surface area (Å²) in [4.78, 5) is 16.8. The lowest BCUT2D eigenvalue weighted by Gasteiger charge is -2.28. The lowest BCUT2D eigenvalue weighted by atomic mass is 9.79. The summed E-state index contributed by atoms with van der Waals surface area (Å²) in [5.74, 6) is -0.173. The minimum atomic E-state index is -0.211. The number of nitrogens with one attached hydrogen (secondary N) is 1. The molecule has 6 aromatic rings. The van der Waals surface area contributed by atoms with Gasteiger partial charge in [0.1, 0.15) is 5.69 Å². The highest BCUT2D eigenvalue weighted by atomic mass is 35.5. The van der Waals surface area contributed by atoms with Crippen molar-refractivity contribution in [3.8, 4) is 0 Å². The lowest BCUT2D eigenvalue weighted by Crippen LogP contribution is -2.15. The molecule has 0 bridgehead atoms. The molecule has 1 atom stereocenters. The molecule has 45 heavy (non-hydrogen) atoms. The summed E-state index contributed by atoms with van der Waals surface area (Å²) in [5.41, 5.74) is 8.97. The predicted molar refractivity (Wildman–Crippen MR) is 185 cm³/mol. The number of nitrogens with zero attached hydrogens (tertiary/aromatic N) is 1. The highest BCUT2D eigenvalue weighted by molar-refractivity contribution is 6.33. The summed E-state index contributed by atoms with van der Waals surface area (Å²) < 4.78 is 0. The molecule has 0 fully saturated rings. The quantitative estimate of drug-likeness (QED) is 0.125. The number of hydrogen-bond donors (Lipinski definition) is 1. The number of hydrogen-bond acceptors (Lipinski definition) is 3. The number of carbonyl (C=O) groups is 1. The van der Waals surface area contributed by atoms with Crippen molar-refractivity contribution in [1.29, 1.82) is 0 Å². The van der Waals surface area contributed by atoms with Crippen LogP contribution in [0.15, 0.2) is 152 Å². The van der Waals surface area contributed by atoms with Gasteiger partial charge in [-0.05, 0) is 58.5 Å². The minimum Gasteiger partial charge on any atom is -0.375 e. The van der Waals surface area contributed by atoms with E-state index in [-0.39, 0.29) is 23.7 Å². The summed E-state index contributed by atoms with van der Waals surface area (Å²) in [5, 5.41) is 4.35. The zero-order valence-corrected chi connectivity index (χ0v) is 26.2. The van der Waals surface area contributed by atoms with Gasteiger partial charge in [0, 0.05) is 18.8 Å². The molecule has 0 radical (unpaired) electrons. The summed E-state index contributed by atoms with van der Waals surface area (Å²) in [6, 6.07) is 52.1. The lowest BCUT2D eigenvalue weighted by molar-refractivity contribution is 0.101. The van der Waals surface area contributed by atoms with Gasteiger partial charge in [-0.15, -0.1) is 0 Å². The molecule has 3 nitrogen and oxygen atoms in total. The van der Waals surface area contributed by atoms with Gasteiger partial charge in [0.15, 0.2) is 5.78 Å². The van der Waals surface area contributed by atoms with Gasteiger partial charge < -0.3 is 5.32 Å². The van der Waals surface area contributed by atoms with Gasteiger partial charge in [0.05, 0.1) is 22.4 Å². The first-order chi connectivity index (χ1) is 22.0. The van der Waals surface area contributed by atoms with E-state index in [2.05, 4.69) is 126 Å². The van der Waals surface area contributed by atoms with Gasteiger partial charge in [0.2, 0.25) is 0 Å². The van der Waals surface area contributed by atoms with E-state index >= 15 is 0 Å². The van der Waals surface area contributed by atoms with E-state index in [9.17, 15) is 4.79 Å². The molecule has 5 aromatic carbocycles. The third kappa shape index (κ3) is 6.74. The SMILES string of the molecule is CC(=O)c1cccc(C(C)Nc2c(Cl)cc(C(c3ccccc3)c3ccccc3)cc2C(c2ccccc2)c2ccccc2)n1. The molecule has 0 aliphatic heterocycles. The Morgan fingerprint density at radius 2 is 1.07 bits per heavy atom. The Labute approximate surface area is 270 Å². The largest absolute Gasteiger partial charge is 0.375 e. The second-order valence-electron chi connectivity index (χ2n) is 11.3. The fourth-order valence-electron chi connectivity index (χ4n) is 6.09. The average molecular weight is 607 g/mol. The Balaban J connectivity index is 1.57. The van der Waals surface area contributed by atoms with Gasteiger partial charge in [-0.3, -0.25) is 4.79 Å². The fourth-order valence-corrected chi connectivity index (χ4v) is 6.38. The van der Waals surface area contributed by atoms with Crippen LogP contribution >= 0.6 is 11.6 Å². The van der Waals surface area contributed by atoms with Crippen LogP contribution in [-0.2, 0) is 0 Å². The summed E-state index contributed by atoms with van der Waals surface area (Å²) in [6.07, 6.45) is 0. The van der Waals surface area contributed by atoms with E-state index in [1.54, 1.807) is 6.07 Å². The zero-order valence-electron chi connectivity index (χ0n) is 25.4. The number of carbonyl (C=O) groups excluding carboxylic acids is 1. The van der Waals surface area contributed by atoms with Crippen LogP contribution in [0.25, 0.3) is 0 Å². The first kappa shape index (κ1) is 30.1. The highest BCUT2D eigenvalue weighted by Crippen LogP contribution is 2.44. The Morgan fingerprint density at radius 1 is 0.600 bits per heavy atom. The van der Waals surface area contributed by atoms with Crippen LogP contribution in [0.3, 0.4) is 0 Å². The number of aromatic nitrogens is 1. The normalized spacial score (nSPS) is 11.8. The highest BCUT2D eigenvalue weighted by Gasteiger charge is 2.27. The van der Waals surface area contributed by atoms with E-state index < -0.39 is 0 Å². The van der Waals surface area contributed by atoms with Crippen molar-refractivity contribution in [3.05, 3.63) is 201 Å². The molecular weight excluding hydrogens is 572 g/mol. The van der Waals surface area contributed by atoms with Gasteiger partial charge >= 0.3 is 0 Å². The molecule has 6 rings (SSSR count). The molecule has 0 saturated heterocycles. The number of anilines is 1. The standard InChI is InChI=1S/C41H35ClN2O/c1-28(37-24-15-25-38(44-37)29(2)45)43-41-35(40(32-20-11-5-12-21-32)33-22-13-6-14-23-33)26-34(27-36(41)42)39(30-16-7-3-8-17-30)31-18-9-4-10-19-31/h3-28,39-40,43H,1-2H3. The van der Waals surface area contributed by atoms with Crippen molar-refractivity contribution in [2.24, 2.45) is 0 Å². The van der Waals surface area contributed by atoms with Crippen LogP contribution in [-0.4, -0.2) is 10.8 Å². The third-order valence-corrected chi connectivity index (χ3v) is 8.55. The van der Waals surface area contributed by atoms with E-state index in [0.29, 0.717) is 10.7 Å². The number of benzene rings is 5. The van der Waals surface area contributed by atoms with Gasteiger partial charge in [-0.25, -0.2) is 4.98 Å². The van der Waals surface area contributed by atoms with E-state index in [4.69, 9.17) is 11.6 Å². The van der Waals surface area contributed by atoms with E-state index in [0.717, 1.165) is 22.5 Å². The smallest absolute Gasteiger partial charge is 0.178 e. The van der Waals surface area contributed by atoms with Crippen molar-refractivity contribution in [2.75, 3.05) is 5.32 Å². The third-order valence-electron chi connectivity index (χ3n) is 8.25. The summed E-state index contributed by atoms with van der Waals surface area (Å²) in [6.45, 7) is 3.59. The first-order valence-corrected chi connectivity index (χ1v) is 15.6. The maximum Gasteiger partial charge on any atom is 0.178 e. The van der Waals surface area contributed by atoms with E-state index in [1.165, 1.54) is 29.2 Å². The number of ketones is 1. The molecule has 1 N–H and O–H groups in total. The summed E-state index contributed by atoms with van der Waals surface area (Å²) in [7, 11) is 0. The molecule has 1 aromatic heterocycles. The monoisotopic (exact) mass is 606 g/mol. The second kappa shape index (κ2) is 13.8. The fraction of sp³-hybridized carbons (Fsp3) is 0.122. The second-order valence-corrected chi connectivity index (χ2v) is 11.8. The van der Waals surface area contributed by atoms with Gasteiger partial charge in [0.25, 0.3) is 0 Å². The Morgan fingerprint density at radius 3 is 1.53 bits per heavy atom. The van der Waals surface area contributed by atoms with Crippen LogP contribution in [0.1, 0.15) is 81.3 Å². The van der Waals surface area contributed by atoms with E-state index in [1.807, 2.05) is 36.4 Å². The maximum absolute atomic E-state index is 12.1. The zero-order chi connectivity index (χ0) is 31.2. The number of rotatable bonds is 10. The van der Waals surface area contributed by atoms with Crippen molar-refractivity contribution in [2.45, 2.75) is 31.7 Å². The van der Waals surface area contributed by atoms with Crippen LogP contribution in [0.4, 0.5) is 5.69 Å². The number of Topliss-reactive ketones (excluding diaryl/α,β-unsaturated/α-hetero) is 1. The number of pyridine rings is 1. The molecule has 0 aliphatic rings. The summed E-state index contributed by atoms with van der Waals surface area (Å²) >= 11 is 7.35. The molecule has 222 valence electrons. The molecule has 1 unspecified atom stereocenters. The Bertz CT molecular complexity index is 1800. The maximum atomic E-state index is 12.1. The predicted octanol–water partition coefficient (Wildman–Crippen LogP) is 10.5. The van der Waals surface area contributed by atoms with Gasteiger partial charge in [-0.2, -0.15) is 0 Å².